The minimum absolute atomic E-state index is 0.0822. The normalized spacial score (nSPS) is 17.1. The molecule has 2 aliphatic rings. The van der Waals surface area contributed by atoms with Crippen molar-refractivity contribution in [1.82, 2.24) is 4.98 Å². The van der Waals surface area contributed by atoms with Crippen molar-refractivity contribution in [3.8, 4) is 11.6 Å². The van der Waals surface area contributed by atoms with Gasteiger partial charge in [0.1, 0.15) is 11.4 Å². The van der Waals surface area contributed by atoms with Crippen molar-refractivity contribution in [2.45, 2.75) is 25.8 Å². The van der Waals surface area contributed by atoms with Gasteiger partial charge in [0.15, 0.2) is 5.75 Å². The average Bonchev–Trinajstić information content (AvgIpc) is 2.75. The lowest BCUT2D eigenvalue weighted by atomic mass is 9.84. The molecule has 144 valence electrons. The number of benzene rings is 2. The van der Waals surface area contributed by atoms with Crippen LogP contribution in [0.15, 0.2) is 47.5 Å². The summed E-state index contributed by atoms with van der Waals surface area (Å²) in [6.07, 6.45) is 0.407. The maximum absolute atomic E-state index is 14.6. The van der Waals surface area contributed by atoms with Crippen LogP contribution in [-0.2, 0) is 16.0 Å². The Kier molecular flexibility index (Phi) is 3.58. The monoisotopic (exact) mass is 390 g/mol. The summed E-state index contributed by atoms with van der Waals surface area (Å²) in [6, 6.07) is 11.7. The van der Waals surface area contributed by atoms with Crippen molar-refractivity contribution in [2.24, 2.45) is 4.99 Å². The molecule has 0 aliphatic carbocycles. The highest BCUT2D eigenvalue weighted by molar-refractivity contribution is 6.33. The van der Waals surface area contributed by atoms with Gasteiger partial charge in [0, 0.05) is 17.4 Å². The number of carbonyl (C=O) groups is 2. The number of esters is 2. The number of nitrogens with zero attached hydrogens (tertiary/aromatic N) is 2. The van der Waals surface area contributed by atoms with Crippen LogP contribution in [0.2, 0.25) is 0 Å². The van der Waals surface area contributed by atoms with E-state index in [1.807, 2.05) is 13.8 Å². The van der Waals surface area contributed by atoms with Gasteiger partial charge in [-0.2, -0.15) is 0 Å². The summed E-state index contributed by atoms with van der Waals surface area (Å²) < 4.78 is 25.3. The zero-order valence-electron chi connectivity index (χ0n) is 15.7. The van der Waals surface area contributed by atoms with E-state index < -0.39 is 17.5 Å². The standard InChI is InChI=1S/C22H15FN2O4/c1-22(2)10-13-11(7-5-8-14(13)23)17(25-22)16-18-12-6-3-4-9-15(12)24-19(16)29-21(27)20(26)28-18/h3-9H,10H2,1-2H3. The molecular weight excluding hydrogens is 375 g/mol. The summed E-state index contributed by atoms with van der Waals surface area (Å²) in [5.41, 5.74) is 1.58. The van der Waals surface area contributed by atoms with Gasteiger partial charge in [-0.3, -0.25) is 4.99 Å². The molecule has 0 saturated heterocycles. The molecule has 3 aromatic rings. The molecule has 0 atom stereocenters. The number of rotatable bonds is 1. The summed E-state index contributed by atoms with van der Waals surface area (Å²) in [5.74, 6) is -2.60. The highest BCUT2D eigenvalue weighted by atomic mass is 19.1. The van der Waals surface area contributed by atoms with Gasteiger partial charge in [-0.05, 0) is 37.6 Å². The van der Waals surface area contributed by atoms with Crippen molar-refractivity contribution in [2.75, 3.05) is 0 Å². The van der Waals surface area contributed by atoms with Crippen LogP contribution < -0.4 is 9.47 Å². The topological polar surface area (TPSA) is 77.8 Å². The first-order valence-electron chi connectivity index (χ1n) is 9.09. The fourth-order valence-corrected chi connectivity index (χ4v) is 3.80. The van der Waals surface area contributed by atoms with E-state index in [4.69, 9.17) is 14.5 Å². The van der Waals surface area contributed by atoms with Gasteiger partial charge >= 0.3 is 11.9 Å². The van der Waals surface area contributed by atoms with E-state index in [9.17, 15) is 14.0 Å². The number of pyridine rings is 1. The highest BCUT2D eigenvalue weighted by Crippen LogP contribution is 2.41. The molecule has 2 bridgehead atoms. The largest absolute Gasteiger partial charge is 0.424 e. The number of carbonyl (C=O) groups excluding carboxylic acids is 2. The molecule has 0 spiro atoms. The second kappa shape index (κ2) is 5.94. The van der Waals surface area contributed by atoms with Gasteiger partial charge in [0.05, 0.1) is 16.8 Å². The zero-order valence-corrected chi connectivity index (χ0v) is 15.7. The number of aromatic nitrogens is 1. The predicted molar refractivity (Wildman–Crippen MR) is 103 cm³/mol. The number of halogens is 1. The molecular formula is C22H15FN2O4. The van der Waals surface area contributed by atoms with Crippen molar-refractivity contribution < 1.29 is 23.5 Å². The lowest BCUT2D eigenvalue weighted by Crippen LogP contribution is -2.30. The quantitative estimate of drug-likeness (QED) is 0.470. The number of hydrogen-bond acceptors (Lipinski definition) is 6. The van der Waals surface area contributed by atoms with Crippen LogP contribution in [0.3, 0.4) is 0 Å². The van der Waals surface area contributed by atoms with E-state index in [1.165, 1.54) is 6.07 Å². The summed E-state index contributed by atoms with van der Waals surface area (Å²) >= 11 is 0. The van der Waals surface area contributed by atoms with E-state index in [0.29, 0.717) is 34.2 Å². The molecule has 5 rings (SSSR count). The van der Waals surface area contributed by atoms with Crippen LogP contribution in [0, 0.1) is 5.82 Å². The lowest BCUT2D eigenvalue weighted by Gasteiger charge is -2.30. The Hall–Kier alpha value is -3.61. The SMILES string of the molecule is CC1(C)Cc2c(F)cccc2C(c2c3nc4ccccc4c2OC(=O)C(=O)O3)=N1. The van der Waals surface area contributed by atoms with Crippen molar-refractivity contribution in [3.63, 3.8) is 0 Å². The second-order valence-electron chi connectivity index (χ2n) is 7.63. The van der Waals surface area contributed by atoms with Gasteiger partial charge in [0.25, 0.3) is 0 Å². The summed E-state index contributed by atoms with van der Waals surface area (Å²) in [7, 11) is 0. The first kappa shape index (κ1) is 17.5. The zero-order chi connectivity index (χ0) is 20.3. The third kappa shape index (κ3) is 2.69. The Labute approximate surface area is 165 Å². The Morgan fingerprint density at radius 2 is 1.76 bits per heavy atom. The molecule has 1 aromatic heterocycles. The van der Waals surface area contributed by atoms with Gasteiger partial charge < -0.3 is 9.47 Å². The van der Waals surface area contributed by atoms with Crippen LogP contribution in [-0.4, -0.2) is 28.2 Å². The number of para-hydroxylation sites is 1. The maximum Gasteiger partial charge on any atom is 0.424 e. The molecule has 0 fully saturated rings. The molecule has 2 aliphatic heterocycles. The molecule has 0 N–H and O–H groups in total. The van der Waals surface area contributed by atoms with E-state index in [1.54, 1.807) is 36.4 Å². The minimum Gasteiger partial charge on any atom is -0.416 e. The van der Waals surface area contributed by atoms with E-state index in [-0.39, 0.29) is 23.0 Å². The Morgan fingerprint density at radius 1 is 1.00 bits per heavy atom. The molecule has 2 aromatic carbocycles. The van der Waals surface area contributed by atoms with Crippen LogP contribution in [0.5, 0.6) is 11.6 Å². The van der Waals surface area contributed by atoms with Crippen LogP contribution in [0.4, 0.5) is 4.39 Å². The summed E-state index contributed by atoms with van der Waals surface area (Å²) in [4.78, 5) is 33.4. The van der Waals surface area contributed by atoms with E-state index >= 15 is 0 Å². The molecule has 7 heteroatoms. The Balaban J connectivity index is 1.89. The third-order valence-corrected chi connectivity index (χ3v) is 5.00. The van der Waals surface area contributed by atoms with Crippen molar-refractivity contribution in [1.29, 1.82) is 0 Å². The molecule has 29 heavy (non-hydrogen) atoms. The van der Waals surface area contributed by atoms with E-state index in [0.717, 1.165) is 0 Å². The number of ether oxygens (including phenoxy) is 2. The predicted octanol–water partition coefficient (Wildman–Crippen LogP) is 3.37. The van der Waals surface area contributed by atoms with Gasteiger partial charge in [-0.15, -0.1) is 0 Å². The van der Waals surface area contributed by atoms with Crippen molar-refractivity contribution in [3.05, 3.63) is 65.0 Å². The number of aliphatic imine (C=N–C) groups is 1. The van der Waals surface area contributed by atoms with Crippen molar-refractivity contribution >= 4 is 28.6 Å². The fourth-order valence-electron chi connectivity index (χ4n) is 3.80. The first-order valence-corrected chi connectivity index (χ1v) is 9.09. The molecule has 3 heterocycles. The summed E-state index contributed by atoms with van der Waals surface area (Å²) in [6.45, 7) is 3.77. The first-order chi connectivity index (χ1) is 13.8. The van der Waals surface area contributed by atoms with Crippen LogP contribution in [0.25, 0.3) is 10.9 Å². The number of hydrogen-bond donors (Lipinski definition) is 0. The minimum atomic E-state index is -1.17. The Morgan fingerprint density at radius 3 is 2.59 bits per heavy atom. The van der Waals surface area contributed by atoms with Gasteiger partial charge in [0.2, 0.25) is 5.88 Å². The van der Waals surface area contributed by atoms with Crippen LogP contribution >= 0.6 is 0 Å². The molecule has 6 nitrogen and oxygen atoms in total. The maximum atomic E-state index is 14.6. The molecule has 0 unspecified atom stereocenters. The molecule has 0 amide bonds. The number of fused-ring (bicyclic) bond motifs is 5. The molecule has 0 radical (unpaired) electrons. The Bertz CT molecular complexity index is 1260. The molecule has 0 saturated carbocycles. The third-order valence-electron chi connectivity index (χ3n) is 5.00. The summed E-state index contributed by atoms with van der Waals surface area (Å²) in [5, 5.41) is 0.530. The highest BCUT2D eigenvalue weighted by Gasteiger charge is 2.37. The van der Waals surface area contributed by atoms with Crippen LogP contribution in [0.1, 0.15) is 30.5 Å². The smallest absolute Gasteiger partial charge is 0.416 e. The van der Waals surface area contributed by atoms with Gasteiger partial charge in [-0.1, -0.05) is 24.3 Å². The van der Waals surface area contributed by atoms with Gasteiger partial charge in [-0.25, -0.2) is 19.0 Å². The second-order valence-corrected chi connectivity index (χ2v) is 7.63. The van der Waals surface area contributed by atoms with E-state index in [2.05, 4.69) is 4.98 Å². The lowest BCUT2D eigenvalue weighted by molar-refractivity contribution is -0.155. The fraction of sp³-hybridized carbons (Fsp3) is 0.182. The average molecular weight is 390 g/mol.